The first-order chi connectivity index (χ1) is 30.2. The van der Waals surface area contributed by atoms with Crippen LogP contribution in [0.5, 0.6) is 0 Å². The lowest BCUT2D eigenvalue weighted by molar-refractivity contribution is -0.126. The van der Waals surface area contributed by atoms with E-state index in [-0.39, 0.29) is 59.5 Å². The molecule has 14 heteroatoms. The number of carbonyl (C=O) groups excluding carboxylic acids is 3. The molecule has 0 unspecified atom stereocenters. The fourth-order valence-corrected chi connectivity index (χ4v) is 11.7. The molecule has 10 nitrogen and oxygen atoms in total. The van der Waals surface area contributed by atoms with Crippen molar-refractivity contribution in [3.63, 3.8) is 0 Å². The maximum Gasteiger partial charge on any atom is 0.411 e. The molecule has 4 heterocycles. The topological polar surface area (TPSA) is 171 Å². The Morgan fingerprint density at radius 2 is 1.29 bits per heavy atom. The summed E-state index contributed by atoms with van der Waals surface area (Å²) in [6.45, 7) is 5.43. The lowest BCUT2D eigenvalue weighted by Crippen LogP contribution is -2.51. The molecule has 4 fully saturated rings. The van der Waals surface area contributed by atoms with E-state index in [4.69, 9.17) is 15.3 Å². The summed E-state index contributed by atoms with van der Waals surface area (Å²) in [5.41, 5.74) is 0.754. The molecule has 4 aromatic rings. The van der Waals surface area contributed by atoms with Crippen LogP contribution in [0, 0.1) is 80.6 Å². The Morgan fingerprint density at radius 1 is 0.746 bits per heavy atom. The molecule has 63 heavy (non-hydrogen) atoms. The highest BCUT2D eigenvalue weighted by Crippen LogP contribution is 2.44. The van der Waals surface area contributed by atoms with Gasteiger partial charge in [0.1, 0.15) is 29.4 Å². The Labute approximate surface area is 374 Å². The van der Waals surface area contributed by atoms with Crippen LogP contribution in [0.15, 0.2) is 60.7 Å². The standard InChI is InChI=1S/C27H28FN3O3S.C22H20FN3OS/c1-27(2,3)34-26(33)31-20-7-6-18(12-20)25(31)23(32)11-16(14-29)10-21-8-9-24(35-21)17-4-5-19(15-30)22(28)13-17;23-19-10-14(1-2-16(19)12-25)21-6-5-18(28-21)7-13(11-24)8-20(27)22-15-3-4-17(9-15)26-22/h4-5,8-9,13,16,18,20,25H,6-7,10-12H2,1-3H3;1-2,5-6,10,13,15,17,22,26H,3-4,7-9H2/t16-,18+,20-,25+;13-,15+,17-,22+/m11/s1. The van der Waals surface area contributed by atoms with Gasteiger partial charge < -0.3 is 10.1 Å². The minimum atomic E-state index is -0.642. The number of rotatable bonds is 12. The Balaban J connectivity index is 0.000000193. The van der Waals surface area contributed by atoms with Gasteiger partial charge in [0, 0.05) is 44.4 Å². The Kier molecular flexibility index (Phi) is 13.9. The summed E-state index contributed by atoms with van der Waals surface area (Å²) in [6, 6.07) is 24.7. The summed E-state index contributed by atoms with van der Waals surface area (Å²) < 4.78 is 33.4. The maximum absolute atomic E-state index is 14.0. The van der Waals surface area contributed by atoms with E-state index in [0.717, 1.165) is 58.0 Å². The number of ketones is 2. The molecule has 4 aliphatic rings. The Bertz CT molecular complexity index is 2550. The maximum atomic E-state index is 14.0. The second-order valence-electron chi connectivity index (χ2n) is 18.0. The molecular weight excluding hydrogens is 839 g/mol. The largest absolute Gasteiger partial charge is 0.444 e. The highest BCUT2D eigenvalue weighted by molar-refractivity contribution is 7.15. The van der Waals surface area contributed by atoms with Crippen molar-refractivity contribution in [1.82, 2.24) is 10.2 Å². The van der Waals surface area contributed by atoms with Gasteiger partial charge in [-0.25, -0.2) is 13.6 Å². The molecule has 2 aliphatic heterocycles. The Morgan fingerprint density at radius 3 is 1.75 bits per heavy atom. The smallest absolute Gasteiger partial charge is 0.411 e. The van der Waals surface area contributed by atoms with Crippen molar-refractivity contribution in [3.05, 3.63) is 93.2 Å². The number of carbonyl (C=O) groups is 3. The van der Waals surface area contributed by atoms with Crippen molar-refractivity contribution in [3.8, 4) is 45.2 Å². The first-order valence-electron chi connectivity index (χ1n) is 21.4. The normalized spacial score (nSPS) is 22.8. The molecule has 1 amide bonds. The van der Waals surface area contributed by atoms with Crippen molar-refractivity contribution >= 4 is 40.3 Å². The highest BCUT2D eigenvalue weighted by Gasteiger charge is 2.52. The zero-order valence-corrected chi connectivity index (χ0v) is 37.0. The number of Topliss-reactive ketones (excluding diaryl/α,β-unsaturated/α-hetero) is 2. The molecule has 2 aliphatic carbocycles. The van der Waals surface area contributed by atoms with Crippen molar-refractivity contribution in [2.75, 3.05) is 0 Å². The number of benzene rings is 2. The van der Waals surface area contributed by atoms with Gasteiger partial charge in [0.2, 0.25) is 0 Å². The van der Waals surface area contributed by atoms with Gasteiger partial charge in [-0.05, 0) is 144 Å². The molecule has 2 saturated heterocycles. The number of halogens is 2. The van der Waals surface area contributed by atoms with Crippen molar-refractivity contribution in [1.29, 1.82) is 21.0 Å². The van der Waals surface area contributed by atoms with E-state index in [1.54, 1.807) is 17.0 Å². The van der Waals surface area contributed by atoms with Gasteiger partial charge in [0.15, 0.2) is 11.6 Å². The number of fused-ring (bicyclic) bond motifs is 4. The number of thiophene rings is 2. The first kappa shape index (κ1) is 45.3. The van der Waals surface area contributed by atoms with E-state index < -0.39 is 35.3 Å². The van der Waals surface area contributed by atoms with Crippen molar-refractivity contribution < 1.29 is 27.9 Å². The number of nitrogens with zero attached hydrogens (tertiary/aromatic N) is 5. The average molecular weight is 887 g/mol. The van der Waals surface area contributed by atoms with Crippen LogP contribution in [0.2, 0.25) is 0 Å². The van der Waals surface area contributed by atoms with Crippen LogP contribution in [0.3, 0.4) is 0 Å². The SMILES string of the molecule is CC(C)(C)OC(=O)N1[C@@H]2CC[C@@H](C2)[C@H]1C(=O)C[C@H](C#N)Cc1ccc(-c2ccc(C#N)c(F)c2)s1.N#Cc1ccc(-c2ccc(C[C@@H](C#N)CC(=O)[C@H]3N[C@@H]4CC[C@H]3C4)s2)cc1F. The van der Waals surface area contributed by atoms with Crippen LogP contribution in [0.25, 0.3) is 20.9 Å². The van der Waals surface area contributed by atoms with Gasteiger partial charge in [0.25, 0.3) is 0 Å². The van der Waals surface area contributed by atoms with E-state index >= 15 is 0 Å². The van der Waals surface area contributed by atoms with Crippen LogP contribution < -0.4 is 5.32 Å². The summed E-state index contributed by atoms with van der Waals surface area (Å²) in [4.78, 5) is 44.1. The molecule has 324 valence electrons. The van der Waals surface area contributed by atoms with E-state index in [1.165, 1.54) is 46.9 Å². The third-order valence-corrected chi connectivity index (χ3v) is 14.8. The molecule has 2 saturated carbocycles. The van der Waals surface area contributed by atoms with Crippen molar-refractivity contribution in [2.45, 2.75) is 115 Å². The zero-order chi connectivity index (χ0) is 45.0. The predicted octanol–water partition coefficient (Wildman–Crippen LogP) is 10.1. The first-order valence-corrected chi connectivity index (χ1v) is 23.0. The van der Waals surface area contributed by atoms with Crippen LogP contribution in [0.4, 0.5) is 13.6 Å². The molecule has 1 N–H and O–H groups in total. The number of ether oxygens (including phenoxy) is 1. The van der Waals surface area contributed by atoms with Gasteiger partial charge in [-0.2, -0.15) is 21.0 Å². The zero-order valence-electron chi connectivity index (χ0n) is 35.4. The van der Waals surface area contributed by atoms with Gasteiger partial charge in [-0.15, -0.1) is 22.7 Å². The monoisotopic (exact) mass is 886 g/mol. The number of likely N-dealkylation sites (tertiary alicyclic amines) is 1. The van der Waals surface area contributed by atoms with Crippen LogP contribution in [-0.4, -0.2) is 52.3 Å². The highest BCUT2D eigenvalue weighted by atomic mass is 32.1. The third-order valence-electron chi connectivity index (χ3n) is 12.5. The second-order valence-corrected chi connectivity index (χ2v) is 20.4. The lowest BCUT2D eigenvalue weighted by Gasteiger charge is -2.35. The number of nitriles is 4. The number of piperidine rings is 2. The fraction of sp³-hybridized carbons (Fsp3) is 0.449. The molecule has 2 aromatic heterocycles. The van der Waals surface area contributed by atoms with E-state index in [1.807, 2.05) is 57.2 Å². The number of hydrogen-bond donors (Lipinski definition) is 1. The Hall–Kier alpha value is -5.77. The summed E-state index contributed by atoms with van der Waals surface area (Å²) in [6.07, 6.45) is 6.77. The van der Waals surface area contributed by atoms with E-state index in [0.29, 0.717) is 35.9 Å². The minimum Gasteiger partial charge on any atom is -0.444 e. The fourth-order valence-electron chi connectivity index (χ4n) is 9.55. The summed E-state index contributed by atoms with van der Waals surface area (Å²) in [7, 11) is 0. The van der Waals surface area contributed by atoms with Gasteiger partial charge in [0.05, 0.1) is 47.2 Å². The summed E-state index contributed by atoms with van der Waals surface area (Å²) in [5, 5.41) is 40.5. The number of hydrogen-bond acceptors (Lipinski definition) is 11. The number of nitrogens with one attached hydrogen (secondary N) is 1. The molecule has 4 bridgehead atoms. The average Bonchev–Trinajstić information content (AvgIpc) is 4.13. The third kappa shape index (κ3) is 10.5. The quantitative estimate of drug-likeness (QED) is 0.145. The molecule has 2 aromatic carbocycles. The van der Waals surface area contributed by atoms with Gasteiger partial charge >= 0.3 is 6.09 Å². The number of amides is 1. The van der Waals surface area contributed by atoms with Crippen molar-refractivity contribution in [2.24, 2.45) is 23.7 Å². The molecule has 8 rings (SSSR count). The van der Waals surface area contributed by atoms with E-state index in [9.17, 15) is 33.7 Å². The molecule has 0 spiro atoms. The minimum absolute atomic E-state index is 0.00498. The van der Waals surface area contributed by atoms with Crippen LogP contribution in [0.1, 0.15) is 93.0 Å². The molecular formula is C49H48F2N6O4S2. The van der Waals surface area contributed by atoms with Crippen LogP contribution in [-0.2, 0) is 27.2 Å². The van der Waals surface area contributed by atoms with Crippen LogP contribution >= 0.6 is 22.7 Å². The summed E-state index contributed by atoms with van der Waals surface area (Å²) >= 11 is 2.93. The molecule has 8 atom stereocenters. The summed E-state index contributed by atoms with van der Waals surface area (Å²) in [5.74, 6) is -1.33. The lowest BCUT2D eigenvalue weighted by atomic mass is 9.89. The molecule has 0 radical (unpaired) electrons. The van der Waals surface area contributed by atoms with Gasteiger partial charge in [-0.1, -0.05) is 12.1 Å². The predicted molar refractivity (Wildman–Crippen MR) is 235 cm³/mol. The second kappa shape index (κ2) is 19.3. The van der Waals surface area contributed by atoms with Gasteiger partial charge in [-0.3, -0.25) is 14.5 Å². The van der Waals surface area contributed by atoms with E-state index in [2.05, 4.69) is 17.5 Å².